The smallest absolute Gasteiger partial charge is 0.413 e. The summed E-state index contributed by atoms with van der Waals surface area (Å²) in [7, 11) is 1.48. The van der Waals surface area contributed by atoms with Gasteiger partial charge in [-0.05, 0) is 37.7 Å². The summed E-state index contributed by atoms with van der Waals surface area (Å²) in [5.74, 6) is -1.03. The van der Waals surface area contributed by atoms with E-state index >= 15 is 0 Å². The van der Waals surface area contributed by atoms with Crippen LogP contribution in [0, 0.1) is 5.92 Å². The van der Waals surface area contributed by atoms with Crippen molar-refractivity contribution in [3.05, 3.63) is 34.9 Å². The second kappa shape index (κ2) is 11.3. The van der Waals surface area contributed by atoms with Crippen LogP contribution in [0.1, 0.15) is 58.4 Å². The van der Waals surface area contributed by atoms with Crippen LogP contribution < -0.4 is 5.32 Å². The first-order chi connectivity index (χ1) is 15.1. The number of amides is 2. The fourth-order valence-corrected chi connectivity index (χ4v) is 4.34. The molecule has 8 nitrogen and oxygen atoms in total. The Morgan fingerprint density at radius 1 is 1.19 bits per heavy atom. The van der Waals surface area contributed by atoms with Gasteiger partial charge >= 0.3 is 12.1 Å². The average molecular weight is 467 g/mol. The highest BCUT2D eigenvalue weighted by atomic mass is 35.5. The molecule has 0 saturated heterocycles. The molecule has 0 heterocycles. The van der Waals surface area contributed by atoms with E-state index in [9.17, 15) is 19.2 Å². The highest BCUT2D eigenvalue weighted by Gasteiger charge is 2.48. The quantitative estimate of drug-likeness (QED) is 0.462. The molecule has 2 atom stereocenters. The molecule has 1 fully saturated rings. The number of carbonyl (C=O) groups excluding carboxylic acids is 4. The van der Waals surface area contributed by atoms with Crippen molar-refractivity contribution >= 4 is 35.4 Å². The lowest BCUT2D eigenvalue weighted by atomic mass is 9.74. The molecular formula is C23H31ClN2O6. The third kappa shape index (κ3) is 6.00. The van der Waals surface area contributed by atoms with Crippen LogP contribution in [0.4, 0.5) is 4.79 Å². The maximum Gasteiger partial charge on any atom is 0.413 e. The number of nitrogens with one attached hydrogen (secondary N) is 1. The Hall–Kier alpha value is -2.61. The number of ketones is 1. The molecule has 1 saturated carbocycles. The van der Waals surface area contributed by atoms with E-state index in [-0.39, 0.29) is 17.6 Å². The van der Waals surface area contributed by atoms with Crippen molar-refractivity contribution in [3.63, 3.8) is 0 Å². The summed E-state index contributed by atoms with van der Waals surface area (Å²) in [6.45, 7) is 4.49. The van der Waals surface area contributed by atoms with Gasteiger partial charge in [0.25, 0.3) is 0 Å². The van der Waals surface area contributed by atoms with Gasteiger partial charge in [0.05, 0.1) is 0 Å². The van der Waals surface area contributed by atoms with Crippen molar-refractivity contribution in [1.29, 1.82) is 0 Å². The Morgan fingerprint density at radius 2 is 1.88 bits per heavy atom. The summed E-state index contributed by atoms with van der Waals surface area (Å²) in [6, 6.07) is 6.10. The first kappa shape index (κ1) is 25.6. The second-order valence-electron chi connectivity index (χ2n) is 8.40. The summed E-state index contributed by atoms with van der Waals surface area (Å²) in [6.07, 6.45) is 1.80. The molecule has 1 aromatic rings. The minimum atomic E-state index is -1.24. The molecule has 0 aliphatic heterocycles. The Morgan fingerprint density at radius 3 is 2.47 bits per heavy atom. The van der Waals surface area contributed by atoms with Crippen LogP contribution in [-0.2, 0) is 29.4 Å². The number of hydrogen-bond acceptors (Lipinski definition) is 6. The van der Waals surface area contributed by atoms with Crippen molar-refractivity contribution in [3.8, 4) is 0 Å². The van der Waals surface area contributed by atoms with E-state index in [1.807, 2.05) is 13.8 Å². The average Bonchev–Trinajstić information content (AvgIpc) is 2.73. The zero-order valence-corrected chi connectivity index (χ0v) is 19.7. The van der Waals surface area contributed by atoms with E-state index in [4.69, 9.17) is 21.1 Å². The van der Waals surface area contributed by atoms with Crippen LogP contribution >= 0.6 is 11.6 Å². The first-order valence-electron chi connectivity index (χ1n) is 10.7. The van der Waals surface area contributed by atoms with E-state index in [0.29, 0.717) is 29.8 Å². The van der Waals surface area contributed by atoms with Gasteiger partial charge in [-0.2, -0.15) is 0 Å². The van der Waals surface area contributed by atoms with Crippen LogP contribution in [0.2, 0.25) is 5.02 Å². The fourth-order valence-electron chi connectivity index (χ4n) is 4.05. The SMILES string of the molecule is CC(=O)NC(CC(C)C)C(=O)OCOC(=O)N(C)[C@@]1(c2ccccc2Cl)CCCCC1=O. The highest BCUT2D eigenvalue weighted by Crippen LogP contribution is 2.42. The molecule has 2 rings (SSSR count). The standard InChI is InChI=1S/C23H31ClN2O6/c1-15(2)13-19(25-16(3)27)21(29)31-14-32-22(30)26(4)23(12-8-7-11-20(23)28)17-9-5-6-10-18(17)24/h5-6,9-10,15,19H,7-8,11-14H2,1-4H3,(H,25,27)/t19?,23-/m1/s1. The Kier molecular flexibility index (Phi) is 9.07. The minimum absolute atomic E-state index is 0.115. The van der Waals surface area contributed by atoms with Gasteiger partial charge in [0.15, 0.2) is 5.78 Å². The van der Waals surface area contributed by atoms with Crippen molar-refractivity contribution < 1.29 is 28.7 Å². The van der Waals surface area contributed by atoms with Crippen LogP contribution in [-0.4, -0.2) is 48.5 Å². The number of ether oxygens (including phenoxy) is 2. The predicted octanol–water partition coefficient (Wildman–Crippen LogP) is 3.80. The van der Waals surface area contributed by atoms with E-state index in [2.05, 4.69) is 5.32 Å². The molecule has 0 spiro atoms. The van der Waals surface area contributed by atoms with Gasteiger partial charge in [0.2, 0.25) is 12.7 Å². The highest BCUT2D eigenvalue weighted by molar-refractivity contribution is 6.31. The largest absolute Gasteiger partial charge is 0.426 e. The van der Waals surface area contributed by atoms with Gasteiger partial charge in [0.1, 0.15) is 11.6 Å². The maximum atomic E-state index is 13.1. The number of rotatable bonds is 8. The predicted molar refractivity (Wildman–Crippen MR) is 119 cm³/mol. The van der Waals surface area contributed by atoms with E-state index in [1.165, 1.54) is 18.9 Å². The molecule has 0 aromatic heterocycles. The van der Waals surface area contributed by atoms with Crippen LogP contribution in [0.5, 0.6) is 0 Å². The maximum absolute atomic E-state index is 13.1. The molecule has 1 aliphatic carbocycles. The lowest BCUT2D eigenvalue weighted by molar-refractivity contribution is -0.157. The molecule has 176 valence electrons. The van der Waals surface area contributed by atoms with Crippen molar-refractivity contribution in [2.75, 3.05) is 13.8 Å². The zero-order chi connectivity index (χ0) is 23.9. The lowest BCUT2D eigenvalue weighted by Gasteiger charge is -2.43. The molecule has 9 heteroatoms. The molecule has 2 amide bonds. The van der Waals surface area contributed by atoms with Gasteiger partial charge in [-0.3, -0.25) is 14.5 Å². The number of esters is 1. The first-order valence-corrected chi connectivity index (χ1v) is 11.1. The molecule has 1 aromatic carbocycles. The molecule has 1 unspecified atom stereocenters. The fraction of sp³-hybridized carbons (Fsp3) is 0.565. The van der Waals surface area contributed by atoms with Crippen molar-refractivity contribution in [1.82, 2.24) is 10.2 Å². The number of Topliss-reactive ketones (excluding diaryl/α,β-unsaturated/α-hetero) is 1. The number of hydrogen-bond donors (Lipinski definition) is 1. The van der Waals surface area contributed by atoms with Gasteiger partial charge in [0, 0.05) is 31.0 Å². The van der Waals surface area contributed by atoms with Gasteiger partial charge < -0.3 is 14.8 Å². The van der Waals surface area contributed by atoms with Crippen molar-refractivity contribution in [2.45, 2.75) is 64.5 Å². The molecule has 1 aliphatic rings. The third-order valence-electron chi connectivity index (χ3n) is 5.57. The van der Waals surface area contributed by atoms with Crippen LogP contribution in [0.25, 0.3) is 0 Å². The van der Waals surface area contributed by atoms with Gasteiger partial charge in [-0.15, -0.1) is 0 Å². The third-order valence-corrected chi connectivity index (χ3v) is 5.90. The second-order valence-corrected chi connectivity index (χ2v) is 8.81. The summed E-state index contributed by atoms with van der Waals surface area (Å²) in [5.41, 5.74) is -0.695. The topological polar surface area (TPSA) is 102 Å². The Labute approximate surface area is 193 Å². The van der Waals surface area contributed by atoms with Crippen LogP contribution in [0.15, 0.2) is 24.3 Å². The molecular weight excluding hydrogens is 436 g/mol. The number of nitrogens with zero attached hydrogens (tertiary/aromatic N) is 1. The van der Waals surface area contributed by atoms with Crippen LogP contribution in [0.3, 0.4) is 0 Å². The number of halogens is 1. The van der Waals surface area contributed by atoms with E-state index in [1.54, 1.807) is 24.3 Å². The summed E-state index contributed by atoms with van der Waals surface area (Å²) in [5, 5.41) is 2.93. The number of benzene rings is 1. The Balaban J connectivity index is 2.10. The summed E-state index contributed by atoms with van der Waals surface area (Å²) < 4.78 is 10.2. The van der Waals surface area contributed by atoms with E-state index in [0.717, 1.165) is 12.8 Å². The minimum Gasteiger partial charge on any atom is -0.426 e. The molecule has 32 heavy (non-hydrogen) atoms. The zero-order valence-electron chi connectivity index (χ0n) is 19.0. The molecule has 1 N–H and O–H groups in total. The lowest BCUT2D eigenvalue weighted by Crippen LogP contribution is -2.54. The normalized spacial score (nSPS) is 19.2. The van der Waals surface area contributed by atoms with Gasteiger partial charge in [-0.25, -0.2) is 9.59 Å². The van der Waals surface area contributed by atoms with Gasteiger partial charge in [-0.1, -0.05) is 43.6 Å². The number of likely N-dealkylation sites (N-methyl/N-ethyl adjacent to an activating group) is 1. The number of carbonyl (C=O) groups is 4. The summed E-state index contributed by atoms with van der Waals surface area (Å²) >= 11 is 6.39. The summed E-state index contributed by atoms with van der Waals surface area (Å²) in [4.78, 5) is 50.8. The van der Waals surface area contributed by atoms with Crippen molar-refractivity contribution in [2.24, 2.45) is 5.92 Å². The van der Waals surface area contributed by atoms with E-state index < -0.39 is 30.4 Å². The molecule has 0 radical (unpaired) electrons. The molecule has 0 bridgehead atoms. The monoisotopic (exact) mass is 466 g/mol. The Bertz CT molecular complexity index is 859.